The molecule has 0 radical (unpaired) electrons. The predicted molar refractivity (Wildman–Crippen MR) is 188 cm³/mol. The van der Waals surface area contributed by atoms with Crippen LogP contribution in [-0.2, 0) is 11.3 Å². The Bertz CT molecular complexity index is 1970. The van der Waals surface area contributed by atoms with Gasteiger partial charge in [-0.3, -0.25) is 0 Å². The number of hydrogen-bond acceptors (Lipinski definition) is 1. The van der Waals surface area contributed by atoms with E-state index in [1.165, 1.54) is 76.0 Å². The van der Waals surface area contributed by atoms with Crippen molar-refractivity contribution in [1.29, 1.82) is 0 Å². The van der Waals surface area contributed by atoms with Crippen LogP contribution in [0.4, 0.5) is 5.69 Å². The summed E-state index contributed by atoms with van der Waals surface area (Å²) in [6, 6.07) is 47.0. The molecule has 8 aromatic carbocycles. The van der Waals surface area contributed by atoms with Gasteiger partial charge in [0.1, 0.15) is 0 Å². The van der Waals surface area contributed by atoms with Gasteiger partial charge in [-0.25, -0.2) is 0 Å². The first kappa shape index (κ1) is 28.2. The van der Waals surface area contributed by atoms with Crippen molar-refractivity contribution in [2.45, 2.75) is 0 Å². The Morgan fingerprint density at radius 3 is 1.00 bits per heavy atom. The van der Waals surface area contributed by atoms with Crippen LogP contribution >= 0.6 is 44.2 Å². The quantitative estimate of drug-likeness (QED) is 0.0927. The molecule has 8 rings (SSSR count). The summed E-state index contributed by atoms with van der Waals surface area (Å²) < 4.78 is 1.13. The fourth-order valence-electron chi connectivity index (χ4n) is 5.81. The first-order chi connectivity index (χ1) is 20.1. The Hall–Kier alpha value is -2.92. The van der Waals surface area contributed by atoms with E-state index in [9.17, 15) is 0 Å². The maximum absolute atomic E-state index is 5.96. The van der Waals surface area contributed by atoms with E-state index in [0.717, 1.165) is 10.2 Å². The summed E-state index contributed by atoms with van der Waals surface area (Å²) in [7, 11) is 0. The second-order valence-corrected chi connectivity index (χ2v) is 15.4. The number of halogens is 3. The molecule has 1 nitrogen and oxygen atoms in total. The zero-order valence-corrected chi connectivity index (χ0v) is 27.4. The summed E-state index contributed by atoms with van der Waals surface area (Å²) in [5.41, 5.74) is 6.77. The van der Waals surface area contributed by atoms with E-state index in [2.05, 4.69) is 172 Å². The Morgan fingerprint density at radius 1 is 0.366 bits per heavy atom. The van der Waals surface area contributed by atoms with E-state index in [4.69, 9.17) is 5.73 Å². The summed E-state index contributed by atoms with van der Waals surface area (Å²) in [5.74, 6) is 0. The number of nitrogens with two attached hydrogens (primary N) is 1. The van der Waals surface area contributed by atoms with Crippen LogP contribution in [0.3, 0.4) is 0 Å². The van der Waals surface area contributed by atoms with Gasteiger partial charge in [-0.1, -0.05) is 125 Å². The molecule has 5 heteroatoms. The standard InChI is InChI=1S/C18H11Br.C18H13N.2BrH.Cu/c2*19-12-9-10-17-15-7-2-1-5-13(15)14-6-3-4-8-16(14)18(17)11-12;;;/h1-11H;1-11H,19H2;2*1H;/q;;;;+2/p-2. The molecule has 0 unspecified atom stereocenters. The van der Waals surface area contributed by atoms with Gasteiger partial charge in [0.2, 0.25) is 0 Å². The van der Waals surface area contributed by atoms with E-state index in [-0.39, 0.29) is 0 Å². The zero-order chi connectivity index (χ0) is 28.3. The number of benzene rings is 8. The topological polar surface area (TPSA) is 26.0 Å². The van der Waals surface area contributed by atoms with Gasteiger partial charge in [-0.15, -0.1) is 0 Å². The molecule has 41 heavy (non-hydrogen) atoms. The van der Waals surface area contributed by atoms with Crippen LogP contribution in [0.15, 0.2) is 138 Å². The fraction of sp³-hybridized carbons (Fsp3) is 0. The van der Waals surface area contributed by atoms with Crippen LogP contribution in [0, 0.1) is 0 Å². The molecule has 0 atom stereocenters. The Labute approximate surface area is 267 Å². The number of hydrogen-bond donors (Lipinski definition) is 1. The van der Waals surface area contributed by atoms with Crippen molar-refractivity contribution in [3.05, 3.63) is 138 Å². The molecule has 0 fully saturated rings. The van der Waals surface area contributed by atoms with E-state index < -0.39 is 0 Å². The molecule has 0 saturated heterocycles. The molecule has 0 spiro atoms. The molecular formula is C36H24Br3CuN. The van der Waals surface area contributed by atoms with Gasteiger partial charge in [-0.05, 0) is 88.9 Å². The van der Waals surface area contributed by atoms with Crippen molar-refractivity contribution in [2.24, 2.45) is 0 Å². The molecule has 0 aliphatic heterocycles. The van der Waals surface area contributed by atoms with E-state index in [1.807, 2.05) is 6.07 Å². The van der Waals surface area contributed by atoms with Crippen LogP contribution in [0.25, 0.3) is 64.6 Å². The maximum atomic E-state index is 5.96. The van der Waals surface area contributed by atoms with Crippen molar-refractivity contribution >= 4 is 114 Å². The molecule has 0 aliphatic rings. The van der Waals surface area contributed by atoms with Crippen LogP contribution in [0.1, 0.15) is 0 Å². The number of rotatable bonds is 0. The summed E-state index contributed by atoms with van der Waals surface area (Å²) in [6.07, 6.45) is 0. The zero-order valence-electron chi connectivity index (χ0n) is 21.7. The Balaban J connectivity index is 0.000000135. The molecule has 205 valence electrons. The molecule has 0 aliphatic carbocycles. The monoisotopic (exact) mass is 770 g/mol. The average Bonchev–Trinajstić information content (AvgIpc) is 3.02. The van der Waals surface area contributed by atoms with Gasteiger partial charge >= 0.3 is 39.6 Å². The molecule has 0 heterocycles. The van der Waals surface area contributed by atoms with Crippen molar-refractivity contribution in [3.8, 4) is 0 Å². The fourth-order valence-corrected chi connectivity index (χ4v) is 6.17. The molecule has 0 bridgehead atoms. The van der Waals surface area contributed by atoms with Gasteiger partial charge in [0, 0.05) is 10.2 Å². The molecule has 8 aromatic rings. The minimum atomic E-state index is 0.813. The third-order valence-corrected chi connectivity index (χ3v) is 7.97. The SMILES string of the molecule is Brc1ccc2c3ccccc3c3ccccc3c2c1.Nc1ccc2c3ccccc3c3ccccc3c2c1.[Br][Cu][Br]. The van der Waals surface area contributed by atoms with Gasteiger partial charge < -0.3 is 5.73 Å². The van der Waals surface area contributed by atoms with Crippen molar-refractivity contribution in [3.63, 3.8) is 0 Å². The molecule has 0 aromatic heterocycles. The molecular weight excluding hydrogens is 750 g/mol. The van der Waals surface area contributed by atoms with Gasteiger partial charge in [0.15, 0.2) is 0 Å². The predicted octanol–water partition coefficient (Wildman–Crippen LogP) is 12.3. The van der Waals surface area contributed by atoms with Crippen LogP contribution < -0.4 is 5.73 Å². The number of fused-ring (bicyclic) bond motifs is 12. The average molecular weight is 774 g/mol. The first-order valence-electron chi connectivity index (χ1n) is 13.0. The summed E-state index contributed by atoms with van der Waals surface area (Å²) in [5, 5.41) is 15.6. The van der Waals surface area contributed by atoms with Crippen LogP contribution in [-0.4, -0.2) is 0 Å². The second-order valence-electron chi connectivity index (χ2n) is 9.72. The van der Waals surface area contributed by atoms with Crippen LogP contribution in [0.5, 0.6) is 0 Å². The summed E-state index contributed by atoms with van der Waals surface area (Å²) in [4.78, 5) is 0. The number of anilines is 1. The Kier molecular flexibility index (Phi) is 8.62. The van der Waals surface area contributed by atoms with E-state index in [0.29, 0.717) is 0 Å². The molecule has 0 saturated carbocycles. The summed E-state index contributed by atoms with van der Waals surface area (Å²) >= 11 is 11.0. The number of nitrogen functional groups attached to an aromatic ring is 1. The summed E-state index contributed by atoms with van der Waals surface area (Å²) in [6.45, 7) is 0. The Morgan fingerprint density at radius 2 is 0.634 bits per heavy atom. The third kappa shape index (κ3) is 5.50. The minimum absolute atomic E-state index is 0.813. The van der Waals surface area contributed by atoms with Crippen molar-refractivity contribution < 1.29 is 11.3 Å². The third-order valence-electron chi connectivity index (χ3n) is 7.47. The second kappa shape index (κ2) is 12.5. The van der Waals surface area contributed by atoms with Crippen molar-refractivity contribution in [1.82, 2.24) is 0 Å². The van der Waals surface area contributed by atoms with Gasteiger partial charge in [0.25, 0.3) is 0 Å². The van der Waals surface area contributed by atoms with E-state index >= 15 is 0 Å². The molecule has 2 N–H and O–H groups in total. The van der Waals surface area contributed by atoms with Crippen molar-refractivity contribution in [2.75, 3.05) is 5.73 Å². The van der Waals surface area contributed by atoms with E-state index in [1.54, 1.807) is 0 Å². The molecule has 0 amide bonds. The van der Waals surface area contributed by atoms with Crippen LogP contribution in [0.2, 0.25) is 0 Å². The first-order valence-corrected chi connectivity index (χ1v) is 18.4. The van der Waals surface area contributed by atoms with Gasteiger partial charge in [-0.2, -0.15) is 0 Å². The van der Waals surface area contributed by atoms with Gasteiger partial charge in [0.05, 0.1) is 0 Å². The normalized spacial score (nSPS) is 11.1.